The van der Waals surface area contributed by atoms with Crippen molar-refractivity contribution < 1.29 is 4.79 Å². The van der Waals surface area contributed by atoms with Crippen molar-refractivity contribution in [2.24, 2.45) is 0 Å². The Morgan fingerprint density at radius 3 is 2.69 bits per heavy atom. The summed E-state index contributed by atoms with van der Waals surface area (Å²) in [6.07, 6.45) is 0. The Labute approximate surface area is 98.2 Å². The highest BCUT2D eigenvalue weighted by atomic mass is 32.1. The molecule has 1 aromatic rings. The summed E-state index contributed by atoms with van der Waals surface area (Å²) in [5.74, 6) is 0.356. The first-order chi connectivity index (χ1) is 7.43. The van der Waals surface area contributed by atoms with Gasteiger partial charge in [0.1, 0.15) is 5.54 Å². The van der Waals surface area contributed by atoms with E-state index in [1.54, 1.807) is 4.90 Å². The SMILES string of the molecule is CN1CCN(c2nc(N)ns2)C(C)(C)C1=O. The number of carbonyl (C=O) groups excluding carboxylic acids is 1. The lowest BCUT2D eigenvalue weighted by molar-refractivity contribution is -0.136. The molecule has 16 heavy (non-hydrogen) atoms. The van der Waals surface area contributed by atoms with Crippen LogP contribution in [-0.4, -0.2) is 45.8 Å². The molecule has 1 aliphatic heterocycles. The third-order valence-electron chi connectivity index (χ3n) is 2.87. The van der Waals surface area contributed by atoms with Gasteiger partial charge in [-0.1, -0.05) is 0 Å². The van der Waals surface area contributed by atoms with E-state index in [1.165, 1.54) is 11.5 Å². The molecule has 2 rings (SSSR count). The Balaban J connectivity index is 2.32. The van der Waals surface area contributed by atoms with Crippen LogP contribution in [0.4, 0.5) is 11.1 Å². The number of rotatable bonds is 1. The summed E-state index contributed by atoms with van der Waals surface area (Å²) in [6, 6.07) is 0. The predicted octanol–water partition coefficient (Wildman–Crippen LogP) is 0.177. The first-order valence-electron chi connectivity index (χ1n) is 5.05. The Bertz CT molecular complexity index is 416. The second-order valence-corrected chi connectivity index (χ2v) is 5.10. The average molecular weight is 241 g/mol. The molecule has 1 aromatic heterocycles. The summed E-state index contributed by atoms with van der Waals surface area (Å²) < 4.78 is 3.94. The van der Waals surface area contributed by atoms with E-state index in [4.69, 9.17) is 5.73 Å². The molecule has 0 spiro atoms. The number of hydrogen-bond donors (Lipinski definition) is 1. The quantitative estimate of drug-likeness (QED) is 0.759. The number of likely N-dealkylation sites (N-methyl/N-ethyl adjacent to an activating group) is 1. The molecule has 2 heterocycles. The third kappa shape index (κ3) is 1.60. The molecule has 0 unspecified atom stereocenters. The molecule has 0 aromatic carbocycles. The number of nitrogens with zero attached hydrogens (tertiary/aromatic N) is 4. The van der Waals surface area contributed by atoms with Gasteiger partial charge in [-0.25, -0.2) is 0 Å². The van der Waals surface area contributed by atoms with Gasteiger partial charge in [0.05, 0.1) is 0 Å². The van der Waals surface area contributed by atoms with Crippen LogP contribution in [0.25, 0.3) is 0 Å². The van der Waals surface area contributed by atoms with Crippen LogP contribution in [0.3, 0.4) is 0 Å². The molecule has 1 aliphatic rings. The summed E-state index contributed by atoms with van der Waals surface area (Å²) in [4.78, 5) is 19.9. The van der Waals surface area contributed by atoms with E-state index in [2.05, 4.69) is 9.36 Å². The largest absolute Gasteiger partial charge is 0.367 e. The predicted molar refractivity (Wildman–Crippen MR) is 63.4 cm³/mol. The lowest BCUT2D eigenvalue weighted by atomic mass is 9.99. The molecular formula is C9H15N5OS. The Morgan fingerprint density at radius 2 is 2.12 bits per heavy atom. The second-order valence-electron chi connectivity index (χ2n) is 4.37. The van der Waals surface area contributed by atoms with E-state index in [-0.39, 0.29) is 11.9 Å². The standard InChI is InChI=1S/C9H15N5OS/c1-9(2)6(15)13(3)4-5-14(9)8-11-7(10)12-16-8/h4-5H2,1-3H3,(H2,10,12). The van der Waals surface area contributed by atoms with Crippen LogP contribution < -0.4 is 10.6 Å². The van der Waals surface area contributed by atoms with Crippen molar-refractivity contribution in [2.45, 2.75) is 19.4 Å². The molecule has 0 radical (unpaired) electrons. The highest BCUT2D eigenvalue weighted by Crippen LogP contribution is 2.29. The van der Waals surface area contributed by atoms with Gasteiger partial charge in [0, 0.05) is 31.7 Å². The van der Waals surface area contributed by atoms with E-state index in [0.29, 0.717) is 11.7 Å². The monoisotopic (exact) mass is 241 g/mol. The summed E-state index contributed by atoms with van der Waals surface area (Å²) in [6.45, 7) is 5.23. The smallest absolute Gasteiger partial charge is 0.247 e. The molecule has 0 atom stereocenters. The first kappa shape index (κ1) is 11.1. The number of aromatic nitrogens is 2. The van der Waals surface area contributed by atoms with E-state index in [9.17, 15) is 4.79 Å². The van der Waals surface area contributed by atoms with Crippen molar-refractivity contribution in [3.63, 3.8) is 0 Å². The van der Waals surface area contributed by atoms with Gasteiger partial charge in [0.2, 0.25) is 17.0 Å². The van der Waals surface area contributed by atoms with Gasteiger partial charge in [-0.15, -0.1) is 0 Å². The summed E-state index contributed by atoms with van der Waals surface area (Å²) in [7, 11) is 1.82. The zero-order chi connectivity index (χ0) is 11.9. The Kier molecular flexibility index (Phi) is 2.49. The van der Waals surface area contributed by atoms with Crippen LogP contribution in [0.2, 0.25) is 0 Å². The number of carbonyl (C=O) groups is 1. The van der Waals surface area contributed by atoms with Crippen molar-refractivity contribution in [3.8, 4) is 0 Å². The maximum Gasteiger partial charge on any atom is 0.247 e. The fourth-order valence-electron chi connectivity index (χ4n) is 1.88. The molecule has 7 heteroatoms. The van der Waals surface area contributed by atoms with Crippen LogP contribution >= 0.6 is 11.5 Å². The lowest BCUT2D eigenvalue weighted by Crippen LogP contribution is -2.62. The fraction of sp³-hybridized carbons (Fsp3) is 0.667. The van der Waals surface area contributed by atoms with Crippen LogP contribution in [0.5, 0.6) is 0 Å². The van der Waals surface area contributed by atoms with E-state index >= 15 is 0 Å². The van der Waals surface area contributed by atoms with Crippen molar-refractivity contribution >= 4 is 28.5 Å². The van der Waals surface area contributed by atoms with Crippen LogP contribution in [-0.2, 0) is 4.79 Å². The molecule has 0 saturated carbocycles. The topological polar surface area (TPSA) is 75.3 Å². The maximum absolute atomic E-state index is 12.0. The number of nitrogens with two attached hydrogens (primary N) is 1. The first-order valence-corrected chi connectivity index (χ1v) is 5.82. The molecule has 0 aliphatic carbocycles. The Morgan fingerprint density at radius 1 is 1.44 bits per heavy atom. The van der Waals surface area contributed by atoms with Crippen molar-refractivity contribution in [1.29, 1.82) is 0 Å². The molecule has 88 valence electrons. The minimum atomic E-state index is -0.584. The van der Waals surface area contributed by atoms with E-state index in [0.717, 1.165) is 6.54 Å². The zero-order valence-corrected chi connectivity index (χ0v) is 10.4. The van der Waals surface area contributed by atoms with Gasteiger partial charge >= 0.3 is 0 Å². The highest BCUT2D eigenvalue weighted by Gasteiger charge is 2.41. The van der Waals surface area contributed by atoms with Crippen LogP contribution in [0.15, 0.2) is 0 Å². The summed E-state index contributed by atoms with van der Waals surface area (Å²) in [5, 5.41) is 0.712. The van der Waals surface area contributed by atoms with Gasteiger partial charge in [0.25, 0.3) is 0 Å². The molecule has 1 fully saturated rings. The zero-order valence-electron chi connectivity index (χ0n) is 9.60. The van der Waals surface area contributed by atoms with Gasteiger partial charge in [-0.3, -0.25) is 4.79 Å². The molecule has 2 N–H and O–H groups in total. The second kappa shape index (κ2) is 3.58. The lowest BCUT2D eigenvalue weighted by Gasteiger charge is -2.44. The average Bonchev–Trinajstić information content (AvgIpc) is 2.61. The fourth-order valence-corrected chi connectivity index (χ4v) is 2.65. The van der Waals surface area contributed by atoms with Gasteiger partial charge in [-0.05, 0) is 13.8 Å². The Hall–Kier alpha value is -1.37. The maximum atomic E-state index is 12.0. The summed E-state index contributed by atoms with van der Waals surface area (Å²) >= 11 is 1.23. The number of hydrogen-bond acceptors (Lipinski definition) is 6. The molecule has 1 amide bonds. The van der Waals surface area contributed by atoms with Crippen molar-refractivity contribution in [1.82, 2.24) is 14.3 Å². The van der Waals surface area contributed by atoms with Gasteiger partial charge in [0.15, 0.2) is 0 Å². The number of piperazine rings is 1. The van der Waals surface area contributed by atoms with Crippen LogP contribution in [0, 0.1) is 0 Å². The summed E-state index contributed by atoms with van der Waals surface area (Å²) in [5.41, 5.74) is 4.92. The minimum Gasteiger partial charge on any atom is -0.367 e. The molecule has 6 nitrogen and oxygen atoms in total. The minimum absolute atomic E-state index is 0.0903. The van der Waals surface area contributed by atoms with Crippen LogP contribution in [0.1, 0.15) is 13.8 Å². The van der Waals surface area contributed by atoms with Crippen molar-refractivity contribution in [3.05, 3.63) is 0 Å². The number of amides is 1. The number of anilines is 2. The highest BCUT2D eigenvalue weighted by molar-refractivity contribution is 7.10. The normalized spacial score (nSPS) is 20.3. The van der Waals surface area contributed by atoms with Crippen molar-refractivity contribution in [2.75, 3.05) is 30.8 Å². The van der Waals surface area contributed by atoms with E-state index in [1.807, 2.05) is 25.8 Å². The van der Waals surface area contributed by atoms with E-state index < -0.39 is 5.54 Å². The van der Waals surface area contributed by atoms with Gasteiger partial charge < -0.3 is 15.5 Å². The molecule has 1 saturated heterocycles. The van der Waals surface area contributed by atoms with Gasteiger partial charge in [-0.2, -0.15) is 9.36 Å². The molecule has 0 bridgehead atoms. The molecular weight excluding hydrogens is 226 g/mol. The third-order valence-corrected chi connectivity index (χ3v) is 3.62. The number of nitrogen functional groups attached to an aromatic ring is 1.